The number of ether oxygens (including phenoxy) is 1. The van der Waals surface area contributed by atoms with Crippen LogP contribution in [0.3, 0.4) is 0 Å². The monoisotopic (exact) mass is 284 g/mol. The van der Waals surface area contributed by atoms with Gasteiger partial charge in [-0.1, -0.05) is 32.0 Å². The third-order valence-electron chi connectivity index (χ3n) is 4.04. The van der Waals surface area contributed by atoms with Gasteiger partial charge >= 0.3 is 0 Å². The summed E-state index contributed by atoms with van der Waals surface area (Å²) in [5.74, 6) is 1.45. The Labute approximate surface area is 126 Å². The van der Waals surface area contributed by atoms with Gasteiger partial charge in [0.05, 0.1) is 0 Å². The Morgan fingerprint density at radius 3 is 2.67 bits per heavy atom. The molecular formula is C18H24N2O. The van der Waals surface area contributed by atoms with Crippen LogP contribution in [0, 0.1) is 5.92 Å². The summed E-state index contributed by atoms with van der Waals surface area (Å²) >= 11 is 0. The highest BCUT2D eigenvalue weighted by molar-refractivity contribution is 5.89. The molecule has 2 aromatic rings. The highest BCUT2D eigenvalue weighted by Gasteiger charge is 2.21. The summed E-state index contributed by atoms with van der Waals surface area (Å²) in [6.45, 7) is 6.32. The SMILES string of the molecule is CC(C)CNCc1cnc(OC2CCC2)c2ccccc12. The summed E-state index contributed by atoms with van der Waals surface area (Å²) in [6, 6.07) is 8.42. The largest absolute Gasteiger partial charge is 0.474 e. The Morgan fingerprint density at radius 2 is 2.00 bits per heavy atom. The van der Waals surface area contributed by atoms with Gasteiger partial charge in [0, 0.05) is 18.1 Å². The van der Waals surface area contributed by atoms with Crippen molar-refractivity contribution in [2.45, 2.75) is 45.8 Å². The number of hydrogen-bond acceptors (Lipinski definition) is 3. The summed E-state index contributed by atoms with van der Waals surface area (Å²) in [5, 5.41) is 5.88. The van der Waals surface area contributed by atoms with Crippen molar-refractivity contribution in [2.24, 2.45) is 5.92 Å². The smallest absolute Gasteiger partial charge is 0.221 e. The minimum absolute atomic E-state index is 0.367. The molecule has 3 nitrogen and oxygen atoms in total. The standard InChI is InChI=1S/C18H24N2O/c1-13(2)10-19-11-14-12-20-18(21-15-6-5-7-15)17-9-4-3-8-16(14)17/h3-4,8-9,12-13,15,19H,5-7,10-11H2,1-2H3. The molecule has 1 aromatic heterocycles. The first-order valence-electron chi connectivity index (χ1n) is 7.98. The van der Waals surface area contributed by atoms with Crippen molar-refractivity contribution in [3.8, 4) is 5.88 Å². The lowest BCUT2D eigenvalue weighted by atomic mass is 9.96. The number of fused-ring (bicyclic) bond motifs is 1. The number of rotatable bonds is 6. The van der Waals surface area contributed by atoms with Crippen LogP contribution in [0.1, 0.15) is 38.7 Å². The molecule has 1 heterocycles. The number of nitrogens with one attached hydrogen (secondary N) is 1. The molecule has 1 saturated carbocycles. The fourth-order valence-electron chi connectivity index (χ4n) is 2.60. The van der Waals surface area contributed by atoms with Crippen molar-refractivity contribution >= 4 is 10.8 Å². The summed E-state index contributed by atoms with van der Waals surface area (Å²) in [7, 11) is 0. The second-order valence-corrected chi connectivity index (χ2v) is 6.33. The van der Waals surface area contributed by atoms with Crippen molar-refractivity contribution in [1.82, 2.24) is 10.3 Å². The van der Waals surface area contributed by atoms with Gasteiger partial charge in [0.2, 0.25) is 5.88 Å². The van der Waals surface area contributed by atoms with Gasteiger partial charge < -0.3 is 10.1 Å². The molecule has 0 aliphatic heterocycles. The minimum atomic E-state index is 0.367. The van der Waals surface area contributed by atoms with Crippen LogP contribution in [-0.2, 0) is 6.54 Å². The van der Waals surface area contributed by atoms with Gasteiger partial charge in [0.25, 0.3) is 0 Å². The van der Waals surface area contributed by atoms with E-state index in [1.54, 1.807) is 0 Å². The van der Waals surface area contributed by atoms with Gasteiger partial charge in [-0.05, 0) is 48.7 Å². The first kappa shape index (κ1) is 14.3. The number of aromatic nitrogens is 1. The van der Waals surface area contributed by atoms with Crippen molar-refractivity contribution < 1.29 is 4.74 Å². The fraction of sp³-hybridized carbons (Fsp3) is 0.500. The Bertz CT molecular complexity index is 605. The molecule has 0 radical (unpaired) electrons. The first-order valence-corrected chi connectivity index (χ1v) is 7.98. The van der Waals surface area contributed by atoms with Crippen LogP contribution in [-0.4, -0.2) is 17.6 Å². The number of pyridine rings is 1. The zero-order valence-electron chi connectivity index (χ0n) is 12.9. The topological polar surface area (TPSA) is 34.2 Å². The van der Waals surface area contributed by atoms with Gasteiger partial charge in [0.15, 0.2) is 0 Å². The molecule has 1 aliphatic carbocycles. The van der Waals surface area contributed by atoms with E-state index in [0.29, 0.717) is 12.0 Å². The van der Waals surface area contributed by atoms with Crippen LogP contribution in [0.5, 0.6) is 5.88 Å². The lowest BCUT2D eigenvalue weighted by Gasteiger charge is -2.26. The number of benzene rings is 1. The molecular weight excluding hydrogens is 260 g/mol. The van der Waals surface area contributed by atoms with Gasteiger partial charge in [0.1, 0.15) is 6.10 Å². The van der Waals surface area contributed by atoms with Gasteiger partial charge in [-0.3, -0.25) is 0 Å². The van der Waals surface area contributed by atoms with Crippen LogP contribution in [0.15, 0.2) is 30.5 Å². The first-order chi connectivity index (χ1) is 10.2. The van der Waals surface area contributed by atoms with E-state index in [1.165, 1.54) is 17.4 Å². The average molecular weight is 284 g/mol. The minimum Gasteiger partial charge on any atom is -0.474 e. The van der Waals surface area contributed by atoms with Crippen molar-refractivity contribution in [3.05, 3.63) is 36.0 Å². The predicted molar refractivity (Wildman–Crippen MR) is 86.6 cm³/mol. The zero-order chi connectivity index (χ0) is 14.7. The van der Waals surface area contributed by atoms with Crippen LogP contribution in [0.25, 0.3) is 10.8 Å². The summed E-state index contributed by atoms with van der Waals surface area (Å²) in [6.07, 6.45) is 5.93. The molecule has 21 heavy (non-hydrogen) atoms. The third kappa shape index (κ3) is 3.35. The van der Waals surface area contributed by atoms with E-state index in [0.717, 1.165) is 37.2 Å². The summed E-state index contributed by atoms with van der Waals surface area (Å²) in [4.78, 5) is 4.56. The van der Waals surface area contributed by atoms with Crippen LogP contribution in [0.4, 0.5) is 0 Å². The van der Waals surface area contributed by atoms with E-state index in [2.05, 4.69) is 48.4 Å². The maximum atomic E-state index is 6.03. The number of hydrogen-bond donors (Lipinski definition) is 1. The molecule has 0 amide bonds. The lowest BCUT2D eigenvalue weighted by molar-refractivity contribution is 0.116. The maximum Gasteiger partial charge on any atom is 0.221 e. The van der Waals surface area contributed by atoms with Crippen molar-refractivity contribution in [3.63, 3.8) is 0 Å². The van der Waals surface area contributed by atoms with E-state index in [4.69, 9.17) is 4.74 Å². The zero-order valence-corrected chi connectivity index (χ0v) is 12.9. The lowest BCUT2D eigenvalue weighted by Crippen LogP contribution is -2.25. The molecule has 0 saturated heterocycles. The molecule has 0 atom stereocenters. The van der Waals surface area contributed by atoms with Crippen LogP contribution < -0.4 is 10.1 Å². The molecule has 1 aliphatic rings. The van der Waals surface area contributed by atoms with Gasteiger partial charge in [-0.15, -0.1) is 0 Å². The van der Waals surface area contributed by atoms with E-state index in [1.807, 2.05) is 6.20 Å². The molecule has 0 unspecified atom stereocenters. The molecule has 0 spiro atoms. The van der Waals surface area contributed by atoms with E-state index in [9.17, 15) is 0 Å². The molecule has 3 heteroatoms. The predicted octanol–water partition coefficient (Wildman–Crippen LogP) is 3.91. The van der Waals surface area contributed by atoms with Crippen LogP contribution in [0.2, 0.25) is 0 Å². The van der Waals surface area contributed by atoms with Crippen molar-refractivity contribution in [2.75, 3.05) is 6.54 Å². The second-order valence-electron chi connectivity index (χ2n) is 6.33. The fourth-order valence-corrected chi connectivity index (χ4v) is 2.60. The third-order valence-corrected chi connectivity index (χ3v) is 4.04. The van der Waals surface area contributed by atoms with E-state index in [-0.39, 0.29) is 0 Å². The Morgan fingerprint density at radius 1 is 1.24 bits per heavy atom. The second kappa shape index (κ2) is 6.44. The normalized spacial score (nSPS) is 15.4. The Balaban J connectivity index is 1.83. The average Bonchev–Trinajstić information content (AvgIpc) is 2.44. The van der Waals surface area contributed by atoms with Crippen molar-refractivity contribution in [1.29, 1.82) is 0 Å². The molecule has 3 rings (SSSR count). The molecule has 0 bridgehead atoms. The maximum absolute atomic E-state index is 6.03. The van der Waals surface area contributed by atoms with Crippen LogP contribution >= 0.6 is 0 Å². The van der Waals surface area contributed by atoms with Gasteiger partial charge in [-0.25, -0.2) is 4.98 Å². The number of nitrogens with zero attached hydrogens (tertiary/aromatic N) is 1. The quantitative estimate of drug-likeness (QED) is 0.873. The Kier molecular flexibility index (Phi) is 4.39. The van der Waals surface area contributed by atoms with E-state index < -0.39 is 0 Å². The summed E-state index contributed by atoms with van der Waals surface area (Å²) < 4.78 is 6.03. The molecule has 112 valence electrons. The molecule has 1 fully saturated rings. The Hall–Kier alpha value is -1.61. The van der Waals surface area contributed by atoms with E-state index >= 15 is 0 Å². The summed E-state index contributed by atoms with van der Waals surface area (Å²) in [5.41, 5.74) is 1.24. The molecule has 1 N–H and O–H groups in total. The highest BCUT2D eigenvalue weighted by Crippen LogP contribution is 2.30. The highest BCUT2D eigenvalue weighted by atomic mass is 16.5. The molecule has 1 aromatic carbocycles. The van der Waals surface area contributed by atoms with Gasteiger partial charge in [-0.2, -0.15) is 0 Å².